The van der Waals surface area contributed by atoms with Gasteiger partial charge in [0.15, 0.2) is 0 Å². The van der Waals surface area contributed by atoms with Gasteiger partial charge in [-0.1, -0.05) is 13.0 Å². The average Bonchev–Trinajstić information content (AvgIpc) is 2.29. The topological polar surface area (TPSA) is 36.4 Å². The summed E-state index contributed by atoms with van der Waals surface area (Å²) in [6.07, 6.45) is 1.79. The Labute approximate surface area is 94.5 Å². The molecule has 0 bridgehead atoms. The van der Waals surface area contributed by atoms with Crippen molar-refractivity contribution in [1.29, 1.82) is 0 Å². The summed E-state index contributed by atoms with van der Waals surface area (Å²) in [7, 11) is 0. The van der Waals surface area contributed by atoms with Crippen LogP contribution in [-0.4, -0.2) is 34.2 Å². The van der Waals surface area contributed by atoms with Gasteiger partial charge >= 0.3 is 0 Å². The molecule has 0 spiro atoms. The van der Waals surface area contributed by atoms with Crippen LogP contribution < -0.4 is 4.90 Å². The van der Waals surface area contributed by atoms with E-state index in [-0.39, 0.29) is 6.61 Å². The lowest BCUT2D eigenvalue weighted by atomic mass is 10.2. The second kappa shape index (κ2) is 4.86. The zero-order valence-electron chi connectivity index (χ0n) is 8.89. The number of nitrogens with zero attached hydrogens (tertiary/aromatic N) is 2. The number of hydrogen-bond acceptors (Lipinski definition) is 4. The van der Waals surface area contributed by atoms with Crippen molar-refractivity contribution in [2.24, 2.45) is 0 Å². The van der Waals surface area contributed by atoms with E-state index in [9.17, 15) is 5.11 Å². The van der Waals surface area contributed by atoms with E-state index < -0.39 is 0 Å². The summed E-state index contributed by atoms with van der Waals surface area (Å²) in [6, 6.07) is 3.81. The Morgan fingerprint density at radius 1 is 1.67 bits per heavy atom. The first kappa shape index (κ1) is 10.8. The highest BCUT2D eigenvalue weighted by Gasteiger charge is 2.19. The molecule has 3 nitrogen and oxygen atoms in total. The predicted molar refractivity (Wildman–Crippen MR) is 64.3 cm³/mol. The fourth-order valence-electron chi connectivity index (χ4n) is 1.85. The van der Waals surface area contributed by atoms with Crippen LogP contribution in [-0.2, 0) is 6.61 Å². The smallest absolute Gasteiger partial charge is 0.134 e. The van der Waals surface area contributed by atoms with Crippen LogP contribution in [0.5, 0.6) is 0 Å². The second-order valence-electron chi connectivity index (χ2n) is 3.77. The molecule has 1 saturated heterocycles. The third-order valence-corrected chi connectivity index (χ3v) is 3.71. The Bertz CT molecular complexity index is 332. The fourth-order valence-corrected chi connectivity index (χ4v) is 2.86. The van der Waals surface area contributed by atoms with Gasteiger partial charge in [0.05, 0.1) is 6.61 Å². The third-order valence-electron chi connectivity index (χ3n) is 2.58. The van der Waals surface area contributed by atoms with E-state index in [1.54, 1.807) is 6.20 Å². The zero-order chi connectivity index (χ0) is 10.7. The summed E-state index contributed by atoms with van der Waals surface area (Å²) >= 11 is 2.00. The van der Waals surface area contributed by atoms with Crippen LogP contribution in [0.3, 0.4) is 0 Å². The van der Waals surface area contributed by atoms with E-state index >= 15 is 0 Å². The Balaban J connectivity index is 2.20. The van der Waals surface area contributed by atoms with Crippen LogP contribution in [0.2, 0.25) is 0 Å². The van der Waals surface area contributed by atoms with E-state index in [0.717, 1.165) is 30.2 Å². The van der Waals surface area contributed by atoms with Gasteiger partial charge < -0.3 is 10.0 Å². The predicted octanol–water partition coefficient (Wildman–Crippen LogP) is 1.52. The maximum atomic E-state index is 9.24. The average molecular weight is 224 g/mol. The van der Waals surface area contributed by atoms with Crippen LogP contribution in [0.1, 0.15) is 12.5 Å². The van der Waals surface area contributed by atoms with Crippen molar-refractivity contribution in [3.8, 4) is 0 Å². The lowest BCUT2D eigenvalue weighted by Crippen LogP contribution is -2.37. The molecule has 1 aromatic rings. The first-order valence-electron chi connectivity index (χ1n) is 5.22. The highest BCUT2D eigenvalue weighted by molar-refractivity contribution is 8.00. The van der Waals surface area contributed by atoms with Crippen molar-refractivity contribution in [3.05, 3.63) is 23.9 Å². The number of aromatic nitrogens is 1. The van der Waals surface area contributed by atoms with Crippen LogP contribution in [0.25, 0.3) is 0 Å². The summed E-state index contributed by atoms with van der Waals surface area (Å²) in [5, 5.41) is 9.89. The highest BCUT2D eigenvalue weighted by atomic mass is 32.2. The standard InChI is InChI=1S/C11H16N2OS/c1-9-7-13(5-6-15-9)11-10(8-14)3-2-4-12-11/h2-4,9,14H,5-8H2,1H3. The number of aliphatic hydroxyl groups excluding tert-OH is 1. The molecule has 0 aliphatic carbocycles. The van der Waals surface area contributed by atoms with Crippen LogP contribution in [0.4, 0.5) is 5.82 Å². The van der Waals surface area contributed by atoms with Crippen molar-refractivity contribution in [2.45, 2.75) is 18.8 Å². The molecule has 1 atom stereocenters. The first-order valence-corrected chi connectivity index (χ1v) is 6.27. The Kier molecular flexibility index (Phi) is 3.49. The van der Waals surface area contributed by atoms with E-state index in [1.807, 2.05) is 23.9 Å². The largest absolute Gasteiger partial charge is 0.392 e. The molecule has 82 valence electrons. The van der Waals surface area contributed by atoms with Crippen LogP contribution in [0, 0.1) is 0 Å². The minimum absolute atomic E-state index is 0.0706. The number of rotatable bonds is 2. The third kappa shape index (κ3) is 2.44. The van der Waals surface area contributed by atoms with E-state index in [4.69, 9.17) is 0 Å². The quantitative estimate of drug-likeness (QED) is 0.826. The molecule has 0 aromatic carbocycles. The minimum atomic E-state index is 0.0706. The molecule has 2 heterocycles. The van der Waals surface area contributed by atoms with Gasteiger partial charge in [-0.15, -0.1) is 0 Å². The normalized spacial score (nSPS) is 21.7. The Hall–Kier alpha value is -0.740. The lowest BCUT2D eigenvalue weighted by molar-refractivity contribution is 0.281. The van der Waals surface area contributed by atoms with Crippen molar-refractivity contribution >= 4 is 17.6 Å². The van der Waals surface area contributed by atoms with Gasteiger partial charge in [0.1, 0.15) is 5.82 Å². The molecule has 1 aliphatic heterocycles. The monoisotopic (exact) mass is 224 g/mol. The molecule has 4 heteroatoms. The molecule has 15 heavy (non-hydrogen) atoms. The molecule has 0 saturated carbocycles. The maximum Gasteiger partial charge on any atom is 0.134 e. The molecular weight excluding hydrogens is 208 g/mol. The van der Waals surface area contributed by atoms with Gasteiger partial charge in [0.2, 0.25) is 0 Å². The molecule has 1 unspecified atom stereocenters. The number of thioether (sulfide) groups is 1. The molecule has 1 N–H and O–H groups in total. The Morgan fingerprint density at radius 3 is 3.27 bits per heavy atom. The Morgan fingerprint density at radius 2 is 2.53 bits per heavy atom. The molecule has 0 radical (unpaired) electrons. The molecule has 1 fully saturated rings. The van der Waals surface area contributed by atoms with Gasteiger partial charge in [-0.25, -0.2) is 4.98 Å². The number of hydrogen-bond donors (Lipinski definition) is 1. The van der Waals surface area contributed by atoms with Gasteiger partial charge in [-0.05, 0) is 6.07 Å². The van der Waals surface area contributed by atoms with Crippen molar-refractivity contribution in [3.63, 3.8) is 0 Å². The SMILES string of the molecule is CC1CN(c2ncccc2CO)CCS1. The van der Waals surface area contributed by atoms with Gasteiger partial charge in [0, 0.05) is 35.9 Å². The molecular formula is C11H16N2OS. The van der Waals surface area contributed by atoms with Crippen LogP contribution >= 0.6 is 11.8 Å². The number of pyridine rings is 1. The van der Waals surface area contributed by atoms with Crippen LogP contribution in [0.15, 0.2) is 18.3 Å². The zero-order valence-corrected chi connectivity index (χ0v) is 9.70. The van der Waals surface area contributed by atoms with Gasteiger partial charge in [-0.2, -0.15) is 11.8 Å². The molecule has 1 aliphatic rings. The van der Waals surface area contributed by atoms with Gasteiger partial charge in [0.25, 0.3) is 0 Å². The summed E-state index contributed by atoms with van der Waals surface area (Å²) in [4.78, 5) is 6.63. The summed E-state index contributed by atoms with van der Waals surface area (Å²) in [5.74, 6) is 2.09. The summed E-state index contributed by atoms with van der Waals surface area (Å²) < 4.78 is 0. The fraction of sp³-hybridized carbons (Fsp3) is 0.545. The molecule has 2 rings (SSSR count). The van der Waals surface area contributed by atoms with Gasteiger partial charge in [-0.3, -0.25) is 0 Å². The molecule has 0 amide bonds. The maximum absolute atomic E-state index is 9.24. The second-order valence-corrected chi connectivity index (χ2v) is 5.32. The van der Waals surface area contributed by atoms with E-state index in [2.05, 4.69) is 16.8 Å². The summed E-state index contributed by atoms with van der Waals surface area (Å²) in [5.41, 5.74) is 0.927. The lowest BCUT2D eigenvalue weighted by Gasteiger charge is -2.32. The van der Waals surface area contributed by atoms with E-state index in [0.29, 0.717) is 5.25 Å². The first-order chi connectivity index (χ1) is 7.31. The number of aliphatic hydroxyl groups is 1. The number of anilines is 1. The van der Waals surface area contributed by atoms with Crippen molar-refractivity contribution < 1.29 is 5.11 Å². The van der Waals surface area contributed by atoms with Crippen molar-refractivity contribution in [1.82, 2.24) is 4.98 Å². The van der Waals surface area contributed by atoms with Crippen molar-refractivity contribution in [2.75, 3.05) is 23.7 Å². The van der Waals surface area contributed by atoms with E-state index in [1.165, 1.54) is 0 Å². The minimum Gasteiger partial charge on any atom is -0.392 e. The summed E-state index contributed by atoms with van der Waals surface area (Å²) in [6.45, 7) is 4.35. The molecule has 1 aromatic heterocycles. The highest BCUT2D eigenvalue weighted by Crippen LogP contribution is 2.24.